The molecule has 45 heavy (non-hydrogen) atoms. The number of fused-ring (bicyclic) bond motifs is 1. The molecule has 2 aromatic carbocycles. The van der Waals surface area contributed by atoms with Crippen LogP contribution in [0.3, 0.4) is 0 Å². The first-order chi connectivity index (χ1) is 21.7. The van der Waals surface area contributed by atoms with E-state index in [4.69, 9.17) is 20.4 Å². The second kappa shape index (κ2) is 12.7. The van der Waals surface area contributed by atoms with Crippen molar-refractivity contribution in [2.75, 3.05) is 32.0 Å². The normalized spacial score (nSPS) is 15.8. The number of carbonyl (C=O) groups is 1. The van der Waals surface area contributed by atoms with Crippen molar-refractivity contribution in [2.45, 2.75) is 45.4 Å². The number of rotatable bonds is 7. The van der Waals surface area contributed by atoms with Crippen LogP contribution >= 0.6 is 0 Å². The molecule has 1 atom stereocenters. The van der Waals surface area contributed by atoms with Gasteiger partial charge in [0, 0.05) is 56.3 Å². The summed E-state index contributed by atoms with van der Waals surface area (Å²) in [6.45, 7) is 8.24. The summed E-state index contributed by atoms with van der Waals surface area (Å²) in [7, 11) is 0. The second-order valence-electron chi connectivity index (χ2n) is 12.4. The molecular weight excluding hydrogens is 566 g/mol. The molecule has 1 amide bonds. The fraction of sp³-hybridized carbons (Fsp3) is 0.314. The number of hydrogen-bond acceptors (Lipinski definition) is 8. The van der Waals surface area contributed by atoms with Crippen LogP contribution in [0.4, 0.5) is 10.6 Å². The molecule has 3 N–H and O–H groups in total. The van der Waals surface area contributed by atoms with E-state index in [9.17, 15) is 9.90 Å². The predicted molar refractivity (Wildman–Crippen MR) is 176 cm³/mol. The molecule has 1 fully saturated rings. The fourth-order valence-electron chi connectivity index (χ4n) is 5.79. The Morgan fingerprint density at radius 3 is 2.47 bits per heavy atom. The molecule has 0 aliphatic carbocycles. The average Bonchev–Trinajstić information content (AvgIpc) is 3.40. The Bertz CT molecular complexity index is 1780. The van der Waals surface area contributed by atoms with Crippen molar-refractivity contribution in [1.29, 1.82) is 0 Å². The van der Waals surface area contributed by atoms with Gasteiger partial charge < -0.3 is 20.5 Å². The Labute approximate surface area is 263 Å². The zero-order valence-electron chi connectivity index (χ0n) is 25.9. The zero-order valence-corrected chi connectivity index (χ0v) is 25.9. The van der Waals surface area contributed by atoms with Crippen LogP contribution in [0.5, 0.6) is 0 Å². The summed E-state index contributed by atoms with van der Waals surface area (Å²) in [6, 6.07) is 26.1. The lowest BCUT2D eigenvalue weighted by atomic mass is 10.1. The summed E-state index contributed by atoms with van der Waals surface area (Å²) < 4.78 is 7.67. The maximum absolute atomic E-state index is 12.8. The van der Waals surface area contributed by atoms with Crippen molar-refractivity contribution in [3.8, 4) is 28.3 Å². The minimum Gasteiger partial charge on any atom is -0.444 e. The number of amides is 1. The number of benzene rings is 2. The first-order valence-corrected chi connectivity index (χ1v) is 15.3. The fourth-order valence-corrected chi connectivity index (χ4v) is 5.79. The van der Waals surface area contributed by atoms with Crippen LogP contribution in [0, 0.1) is 0 Å². The molecule has 3 aromatic heterocycles. The molecule has 5 aromatic rings. The molecule has 0 unspecified atom stereocenters. The highest BCUT2D eigenvalue weighted by atomic mass is 16.6. The number of nitrogens with two attached hydrogens (primary N) is 1. The van der Waals surface area contributed by atoms with Crippen molar-refractivity contribution in [3.63, 3.8) is 0 Å². The molecule has 4 heterocycles. The summed E-state index contributed by atoms with van der Waals surface area (Å²) in [4.78, 5) is 31.2. The Morgan fingerprint density at radius 2 is 1.76 bits per heavy atom. The molecule has 0 saturated carbocycles. The van der Waals surface area contributed by atoms with E-state index in [1.807, 2.05) is 79.9 Å². The van der Waals surface area contributed by atoms with Crippen molar-refractivity contribution in [2.24, 2.45) is 0 Å². The molecular formula is C35H39N7O3. The van der Waals surface area contributed by atoms with E-state index in [1.165, 1.54) is 0 Å². The number of aliphatic hydroxyl groups excluding tert-OH is 1. The molecule has 0 radical (unpaired) electrons. The summed E-state index contributed by atoms with van der Waals surface area (Å²) >= 11 is 0. The van der Waals surface area contributed by atoms with Gasteiger partial charge in [-0.2, -0.15) is 0 Å². The highest BCUT2D eigenvalue weighted by Crippen LogP contribution is 2.32. The van der Waals surface area contributed by atoms with E-state index >= 15 is 0 Å². The highest BCUT2D eigenvalue weighted by Gasteiger charge is 2.33. The van der Waals surface area contributed by atoms with Crippen LogP contribution in [0.25, 0.3) is 39.5 Å². The van der Waals surface area contributed by atoms with E-state index in [1.54, 1.807) is 11.1 Å². The zero-order chi connectivity index (χ0) is 31.6. The van der Waals surface area contributed by atoms with Crippen LogP contribution in [-0.2, 0) is 11.3 Å². The summed E-state index contributed by atoms with van der Waals surface area (Å²) in [6.07, 6.45) is 1.84. The number of pyridine rings is 2. The van der Waals surface area contributed by atoms with Crippen LogP contribution in [0.1, 0.15) is 32.8 Å². The number of hydrogen-bond donors (Lipinski definition) is 2. The minimum atomic E-state index is -0.568. The number of nitrogen functional groups attached to an aromatic ring is 1. The van der Waals surface area contributed by atoms with E-state index in [2.05, 4.69) is 34.1 Å². The Hall–Kier alpha value is -4.80. The number of anilines is 1. The number of piperazine rings is 1. The van der Waals surface area contributed by atoms with Gasteiger partial charge in [-0.25, -0.2) is 19.7 Å². The number of imidazole rings is 1. The molecule has 1 aliphatic rings. The number of carbonyl (C=O) groups excluding carboxylic acids is 1. The minimum absolute atomic E-state index is 0.00909. The Morgan fingerprint density at radius 1 is 0.978 bits per heavy atom. The first-order valence-electron chi connectivity index (χ1n) is 15.3. The largest absolute Gasteiger partial charge is 0.444 e. The van der Waals surface area contributed by atoms with Gasteiger partial charge >= 0.3 is 6.09 Å². The molecule has 10 nitrogen and oxygen atoms in total. The van der Waals surface area contributed by atoms with Gasteiger partial charge in [-0.1, -0.05) is 42.5 Å². The van der Waals surface area contributed by atoms with Crippen molar-refractivity contribution >= 4 is 23.1 Å². The third kappa shape index (κ3) is 6.67. The molecule has 6 rings (SSSR count). The first kappa shape index (κ1) is 30.2. The van der Waals surface area contributed by atoms with Gasteiger partial charge in [0.1, 0.15) is 16.9 Å². The van der Waals surface area contributed by atoms with Crippen molar-refractivity contribution < 1.29 is 14.6 Å². The summed E-state index contributed by atoms with van der Waals surface area (Å²) in [5.41, 5.74) is 11.9. The van der Waals surface area contributed by atoms with E-state index in [-0.39, 0.29) is 18.7 Å². The monoisotopic (exact) mass is 605 g/mol. The van der Waals surface area contributed by atoms with E-state index < -0.39 is 5.60 Å². The van der Waals surface area contributed by atoms with Crippen LogP contribution in [-0.4, -0.2) is 78.4 Å². The molecule has 10 heteroatoms. The summed E-state index contributed by atoms with van der Waals surface area (Å²) in [5, 5.41) is 9.71. The van der Waals surface area contributed by atoms with Gasteiger partial charge in [-0.3, -0.25) is 9.47 Å². The molecule has 0 bridgehead atoms. The van der Waals surface area contributed by atoms with Crippen LogP contribution in [0.2, 0.25) is 0 Å². The van der Waals surface area contributed by atoms with Crippen LogP contribution < -0.4 is 5.73 Å². The van der Waals surface area contributed by atoms with Gasteiger partial charge in [0.15, 0.2) is 11.5 Å². The van der Waals surface area contributed by atoms with E-state index in [0.29, 0.717) is 44.2 Å². The number of aromatic nitrogens is 4. The maximum Gasteiger partial charge on any atom is 0.410 e. The smallest absolute Gasteiger partial charge is 0.410 e. The SMILES string of the molecule is CC(C)(C)OC(=O)N1CCN(Cc2ccc(-n3c(-c4cccnc4N)nc4ccc(-c5ccccc5)nc43)cc2)C[C@@H]1CCO. The molecule has 232 valence electrons. The molecule has 0 spiro atoms. The predicted octanol–water partition coefficient (Wildman–Crippen LogP) is 5.54. The topological polar surface area (TPSA) is 123 Å². The Balaban J connectivity index is 1.29. The lowest BCUT2D eigenvalue weighted by Gasteiger charge is -2.41. The summed E-state index contributed by atoms with van der Waals surface area (Å²) in [5.74, 6) is 1.07. The molecule has 1 saturated heterocycles. The lowest BCUT2D eigenvalue weighted by molar-refractivity contribution is -0.00610. The van der Waals surface area contributed by atoms with Crippen molar-refractivity contribution in [1.82, 2.24) is 29.3 Å². The lowest BCUT2D eigenvalue weighted by Crippen LogP contribution is -2.56. The highest BCUT2D eigenvalue weighted by molar-refractivity contribution is 5.84. The number of ether oxygens (including phenoxy) is 1. The average molecular weight is 606 g/mol. The van der Waals surface area contributed by atoms with Gasteiger partial charge in [0.25, 0.3) is 0 Å². The van der Waals surface area contributed by atoms with Gasteiger partial charge in [-0.05, 0) is 69.2 Å². The van der Waals surface area contributed by atoms with Crippen LogP contribution in [0.15, 0.2) is 85.1 Å². The quantitative estimate of drug-likeness (QED) is 0.248. The standard InChI is InChI=1S/C35H39N7O3/c1-35(2,3)45-34(44)41-20-19-40(23-27(41)17-21-43)22-24-11-13-26(14-12-24)42-32(28-10-7-18-37-31(28)36)39-30-16-15-29(38-33(30)42)25-8-5-4-6-9-25/h4-16,18,27,43H,17,19-23H2,1-3H3,(H2,36,37)/t27-/m0/s1. The van der Waals surface area contributed by atoms with Gasteiger partial charge in [-0.15, -0.1) is 0 Å². The Kier molecular flexibility index (Phi) is 8.51. The van der Waals surface area contributed by atoms with E-state index in [0.717, 1.165) is 39.2 Å². The van der Waals surface area contributed by atoms with Crippen molar-refractivity contribution in [3.05, 3.63) is 90.6 Å². The van der Waals surface area contributed by atoms with Gasteiger partial charge in [0.2, 0.25) is 0 Å². The second-order valence-corrected chi connectivity index (χ2v) is 12.4. The number of nitrogens with zero attached hydrogens (tertiary/aromatic N) is 6. The molecule has 1 aliphatic heterocycles. The maximum atomic E-state index is 12.8. The van der Waals surface area contributed by atoms with Gasteiger partial charge in [0.05, 0.1) is 11.3 Å². The third-order valence-electron chi connectivity index (χ3n) is 7.91. The number of aliphatic hydroxyl groups is 1. The third-order valence-corrected chi connectivity index (χ3v) is 7.91.